The molecule has 2 N–H and O–H groups in total. The Morgan fingerprint density at radius 3 is 2.15 bits per heavy atom. The van der Waals surface area contributed by atoms with Crippen LogP contribution in [0.2, 0.25) is 0 Å². The van der Waals surface area contributed by atoms with Gasteiger partial charge < -0.3 is 29.9 Å². The van der Waals surface area contributed by atoms with Gasteiger partial charge in [0.05, 0.1) is 24.5 Å². The highest BCUT2D eigenvalue weighted by Gasteiger charge is 2.29. The van der Waals surface area contributed by atoms with Crippen molar-refractivity contribution >= 4 is 39.1 Å². The monoisotopic (exact) mass is 626 g/mol. The zero-order valence-corrected chi connectivity index (χ0v) is 25.2. The van der Waals surface area contributed by atoms with E-state index in [1.807, 2.05) is 35.0 Å². The van der Waals surface area contributed by atoms with Crippen LogP contribution in [0.3, 0.4) is 0 Å². The molecule has 3 aliphatic rings. The molecule has 3 aliphatic heterocycles. The Balaban J connectivity index is 0.000000182. The number of nitrogens with one attached hydrogen (secondary N) is 2. The van der Waals surface area contributed by atoms with Crippen LogP contribution < -0.4 is 29.9 Å². The summed E-state index contributed by atoms with van der Waals surface area (Å²) in [6.07, 6.45) is 1.61. The summed E-state index contributed by atoms with van der Waals surface area (Å²) < 4.78 is 14.3. The third kappa shape index (κ3) is 6.22. The molecule has 0 saturated carbocycles. The lowest BCUT2D eigenvalue weighted by atomic mass is 10.1. The smallest absolute Gasteiger partial charge is 0.247 e. The molecule has 0 unspecified atom stereocenters. The molecule has 218 valence electrons. The maximum Gasteiger partial charge on any atom is 0.247 e. The number of anilines is 2. The number of amides is 2. The fraction of sp³-hybridized carbons (Fsp3) is 0.429. The van der Waals surface area contributed by atoms with Gasteiger partial charge in [-0.1, -0.05) is 22.0 Å². The first-order chi connectivity index (χ1) is 19.8. The van der Waals surface area contributed by atoms with E-state index in [9.17, 15) is 9.59 Å². The van der Waals surface area contributed by atoms with Crippen LogP contribution in [0.5, 0.6) is 11.5 Å². The summed E-state index contributed by atoms with van der Waals surface area (Å²) in [7, 11) is 7.09. The van der Waals surface area contributed by atoms with Gasteiger partial charge in [0.15, 0.2) is 0 Å². The Hall–Kier alpha value is -3.52. The number of nitrogens with zero attached hydrogens (tertiary/aromatic N) is 6. The van der Waals surface area contributed by atoms with Crippen molar-refractivity contribution in [3.8, 4) is 11.5 Å². The first-order valence-electron chi connectivity index (χ1n) is 13.5. The van der Waals surface area contributed by atoms with Crippen molar-refractivity contribution in [2.75, 3.05) is 57.7 Å². The molecule has 3 aromatic rings. The van der Waals surface area contributed by atoms with Crippen molar-refractivity contribution in [1.82, 2.24) is 30.3 Å². The molecule has 0 saturated heterocycles. The first kappa shape index (κ1) is 29.0. The lowest BCUT2D eigenvalue weighted by molar-refractivity contribution is -0.121. The normalized spacial score (nSPS) is 20.4. The second kappa shape index (κ2) is 12.6. The van der Waals surface area contributed by atoms with Crippen LogP contribution in [0.4, 0.5) is 11.4 Å². The Morgan fingerprint density at radius 2 is 1.51 bits per heavy atom. The molecule has 6 rings (SSSR count). The fourth-order valence-corrected chi connectivity index (χ4v) is 5.38. The second-order valence-electron chi connectivity index (χ2n) is 10.1. The van der Waals surface area contributed by atoms with Crippen molar-refractivity contribution in [3.63, 3.8) is 0 Å². The molecule has 4 heterocycles. The first-order valence-corrected chi connectivity index (χ1v) is 14.2. The molecule has 0 radical (unpaired) electrons. The number of benzene rings is 2. The number of aromatic nitrogens is 3. The number of hydrogen-bond donors (Lipinski definition) is 2. The molecule has 2 amide bonds. The number of fused-ring (bicyclic) bond motifs is 3. The average molecular weight is 628 g/mol. The predicted octanol–water partition coefficient (Wildman–Crippen LogP) is 1.63. The topological polar surface area (TPSA) is 117 Å². The zero-order valence-electron chi connectivity index (χ0n) is 23.6. The van der Waals surface area contributed by atoms with E-state index in [-0.39, 0.29) is 23.9 Å². The molecular formula is C28H35BrN8O4. The molecule has 2 aromatic carbocycles. The molecule has 2 atom stereocenters. The van der Waals surface area contributed by atoms with Gasteiger partial charge in [-0.25, -0.2) is 9.67 Å². The number of halogens is 1. The molecule has 12 nitrogen and oxygen atoms in total. The predicted molar refractivity (Wildman–Crippen MR) is 158 cm³/mol. The zero-order chi connectivity index (χ0) is 29.1. The van der Waals surface area contributed by atoms with E-state index in [2.05, 4.69) is 47.6 Å². The van der Waals surface area contributed by atoms with Gasteiger partial charge in [-0.3, -0.25) is 14.5 Å². The molecule has 0 fully saturated rings. The summed E-state index contributed by atoms with van der Waals surface area (Å²) in [5.74, 6) is 2.50. The van der Waals surface area contributed by atoms with Gasteiger partial charge in [-0.2, -0.15) is 5.10 Å². The molecule has 0 spiro atoms. The quantitative estimate of drug-likeness (QED) is 0.446. The average Bonchev–Trinajstić information content (AvgIpc) is 3.37. The maximum absolute atomic E-state index is 12.5. The standard InChI is InChI=1S/C17H22N6O2.C11H13BrN2O2/c1-18-13-10-25-15-4-3-12(7-14(15)21(2)17(13)24)8-22-5-6-23-16(9-22)19-11-20-23;1-13-8-6-16-10-4-3-7(12)5-9(10)14(2)11(8)15/h3-4,7,11,13,18H,5-6,8-10H2,1-2H3;3-5,8,13H,6H2,1-2H3/t13-;8-/m00/s1. The van der Waals surface area contributed by atoms with E-state index < -0.39 is 0 Å². The van der Waals surface area contributed by atoms with E-state index >= 15 is 0 Å². The number of likely N-dealkylation sites (N-methyl/N-ethyl adjacent to an activating group) is 4. The van der Waals surface area contributed by atoms with Crippen molar-refractivity contribution < 1.29 is 19.1 Å². The molecule has 41 heavy (non-hydrogen) atoms. The summed E-state index contributed by atoms with van der Waals surface area (Å²) in [5.41, 5.74) is 2.76. The highest BCUT2D eigenvalue weighted by atomic mass is 79.9. The van der Waals surface area contributed by atoms with Crippen LogP contribution in [0.15, 0.2) is 47.2 Å². The van der Waals surface area contributed by atoms with Crippen LogP contribution in [-0.4, -0.2) is 91.5 Å². The van der Waals surface area contributed by atoms with Gasteiger partial charge in [-0.15, -0.1) is 0 Å². The molecular weight excluding hydrogens is 592 g/mol. The second-order valence-corrected chi connectivity index (χ2v) is 11.0. The Bertz CT molecular complexity index is 1420. The van der Waals surface area contributed by atoms with E-state index in [1.54, 1.807) is 44.3 Å². The SMILES string of the molecule is CN[C@H]1COc2ccc(Br)cc2N(C)C1=O.CN[C@H]1COc2ccc(CN3CCn4ncnc4C3)cc2N(C)C1=O. The minimum atomic E-state index is -0.325. The van der Waals surface area contributed by atoms with E-state index in [4.69, 9.17) is 9.47 Å². The van der Waals surface area contributed by atoms with E-state index in [0.717, 1.165) is 64.9 Å². The van der Waals surface area contributed by atoms with Crippen molar-refractivity contribution in [2.45, 2.75) is 31.7 Å². The summed E-state index contributed by atoms with van der Waals surface area (Å²) in [4.78, 5) is 34.5. The summed E-state index contributed by atoms with van der Waals surface area (Å²) in [5, 5.41) is 10.2. The van der Waals surface area contributed by atoms with Crippen molar-refractivity contribution in [1.29, 1.82) is 0 Å². The summed E-state index contributed by atoms with van der Waals surface area (Å²) >= 11 is 3.39. The molecule has 0 aliphatic carbocycles. The van der Waals surface area contributed by atoms with Crippen LogP contribution in [-0.2, 0) is 29.2 Å². The van der Waals surface area contributed by atoms with Crippen molar-refractivity contribution in [2.24, 2.45) is 0 Å². The molecule has 1 aromatic heterocycles. The Kier molecular flexibility index (Phi) is 8.88. The summed E-state index contributed by atoms with van der Waals surface area (Å²) in [6, 6.07) is 11.1. The van der Waals surface area contributed by atoms with E-state index in [1.165, 1.54) is 0 Å². The Morgan fingerprint density at radius 1 is 0.902 bits per heavy atom. The number of carbonyl (C=O) groups is 2. The fourth-order valence-electron chi connectivity index (χ4n) is 5.03. The van der Waals surface area contributed by atoms with Gasteiger partial charge >= 0.3 is 0 Å². The Labute approximate surface area is 247 Å². The number of ether oxygens (including phenoxy) is 2. The third-order valence-electron chi connectivity index (χ3n) is 7.53. The highest BCUT2D eigenvalue weighted by Crippen LogP contribution is 2.34. The molecule has 13 heteroatoms. The van der Waals surface area contributed by atoms with E-state index in [0.29, 0.717) is 13.2 Å². The molecule has 0 bridgehead atoms. The van der Waals surface area contributed by atoms with Gasteiger partial charge in [-0.05, 0) is 50.0 Å². The maximum atomic E-state index is 12.5. The van der Waals surface area contributed by atoms with Gasteiger partial charge in [0.1, 0.15) is 48.9 Å². The van der Waals surface area contributed by atoms with Crippen LogP contribution in [0.25, 0.3) is 0 Å². The number of rotatable bonds is 4. The van der Waals surface area contributed by atoms with Gasteiger partial charge in [0, 0.05) is 31.7 Å². The van der Waals surface area contributed by atoms with Crippen LogP contribution in [0.1, 0.15) is 11.4 Å². The minimum absolute atomic E-state index is 0.0133. The number of carbonyl (C=O) groups excluding carboxylic acids is 2. The minimum Gasteiger partial charge on any atom is -0.489 e. The number of hydrogen-bond acceptors (Lipinski definition) is 9. The van der Waals surface area contributed by atoms with Crippen LogP contribution >= 0.6 is 15.9 Å². The lowest BCUT2D eigenvalue weighted by Crippen LogP contribution is -2.45. The summed E-state index contributed by atoms with van der Waals surface area (Å²) in [6.45, 7) is 4.07. The third-order valence-corrected chi connectivity index (χ3v) is 8.02. The lowest BCUT2D eigenvalue weighted by Gasteiger charge is -2.27. The largest absolute Gasteiger partial charge is 0.489 e. The van der Waals surface area contributed by atoms with Crippen LogP contribution in [0, 0.1) is 0 Å². The van der Waals surface area contributed by atoms with Gasteiger partial charge in [0.2, 0.25) is 11.8 Å². The highest BCUT2D eigenvalue weighted by molar-refractivity contribution is 9.10. The van der Waals surface area contributed by atoms with Crippen molar-refractivity contribution in [3.05, 3.63) is 58.6 Å². The van der Waals surface area contributed by atoms with Gasteiger partial charge in [0.25, 0.3) is 0 Å².